The quantitative estimate of drug-likeness (QED) is 0.728. The van der Waals surface area contributed by atoms with E-state index in [0.29, 0.717) is 0 Å². The summed E-state index contributed by atoms with van der Waals surface area (Å²) in [6.45, 7) is 8.05. The summed E-state index contributed by atoms with van der Waals surface area (Å²) in [5.41, 5.74) is 2.48. The number of benzene rings is 1. The van der Waals surface area contributed by atoms with Crippen molar-refractivity contribution < 1.29 is 4.74 Å². The standard InChI is InChI=1S/C18H19NO/c1-14-7-5-9-16(19-14)12-11-15-8-6-10-17(13-15)20-18(2,3)4/h5-10,13H,1-4H3. The van der Waals surface area contributed by atoms with Gasteiger partial charge in [0.2, 0.25) is 0 Å². The summed E-state index contributed by atoms with van der Waals surface area (Å²) in [7, 11) is 0. The van der Waals surface area contributed by atoms with Crippen LogP contribution in [0.1, 0.15) is 37.7 Å². The van der Waals surface area contributed by atoms with E-state index in [1.165, 1.54) is 0 Å². The fourth-order valence-corrected chi connectivity index (χ4v) is 1.74. The maximum atomic E-state index is 5.83. The van der Waals surface area contributed by atoms with Gasteiger partial charge in [-0.1, -0.05) is 18.1 Å². The molecule has 0 atom stereocenters. The topological polar surface area (TPSA) is 22.1 Å². The van der Waals surface area contributed by atoms with Crippen LogP contribution in [-0.2, 0) is 0 Å². The summed E-state index contributed by atoms with van der Waals surface area (Å²) in [4.78, 5) is 4.37. The molecule has 1 aromatic carbocycles. The predicted molar refractivity (Wildman–Crippen MR) is 81.8 cm³/mol. The van der Waals surface area contributed by atoms with Crippen LogP contribution in [0.15, 0.2) is 42.5 Å². The summed E-state index contributed by atoms with van der Waals surface area (Å²) < 4.78 is 5.83. The molecule has 2 nitrogen and oxygen atoms in total. The second-order valence-corrected chi connectivity index (χ2v) is 5.66. The zero-order valence-corrected chi connectivity index (χ0v) is 12.4. The summed E-state index contributed by atoms with van der Waals surface area (Å²) in [5.74, 6) is 7.03. The van der Waals surface area contributed by atoms with E-state index >= 15 is 0 Å². The van der Waals surface area contributed by atoms with Crippen molar-refractivity contribution in [2.24, 2.45) is 0 Å². The summed E-state index contributed by atoms with van der Waals surface area (Å²) >= 11 is 0. The average molecular weight is 265 g/mol. The fraction of sp³-hybridized carbons (Fsp3) is 0.278. The molecular weight excluding hydrogens is 246 g/mol. The van der Waals surface area contributed by atoms with Crippen LogP contribution < -0.4 is 4.74 Å². The molecule has 0 aliphatic carbocycles. The largest absolute Gasteiger partial charge is 0.488 e. The Kier molecular flexibility index (Phi) is 4.10. The Bertz CT molecular complexity index is 657. The summed E-state index contributed by atoms with van der Waals surface area (Å²) in [5, 5.41) is 0. The van der Waals surface area contributed by atoms with Crippen LogP contribution in [0.4, 0.5) is 0 Å². The number of aryl methyl sites for hydroxylation is 1. The molecule has 0 bridgehead atoms. The molecule has 0 aliphatic rings. The first kappa shape index (κ1) is 14.1. The molecule has 1 aromatic heterocycles. The Balaban J connectivity index is 2.21. The van der Waals surface area contributed by atoms with Gasteiger partial charge in [-0.05, 0) is 63.9 Å². The third-order valence-electron chi connectivity index (χ3n) is 2.48. The molecular formula is C18H19NO. The highest BCUT2D eigenvalue weighted by Gasteiger charge is 2.11. The minimum atomic E-state index is -0.204. The number of nitrogens with zero attached hydrogens (tertiary/aromatic N) is 1. The number of hydrogen-bond donors (Lipinski definition) is 0. The Labute approximate surface area is 120 Å². The van der Waals surface area contributed by atoms with Crippen LogP contribution in [0.3, 0.4) is 0 Å². The molecule has 0 N–H and O–H groups in total. The van der Waals surface area contributed by atoms with Gasteiger partial charge in [-0.15, -0.1) is 0 Å². The lowest BCUT2D eigenvalue weighted by atomic mass is 10.1. The van der Waals surface area contributed by atoms with E-state index < -0.39 is 0 Å². The first-order valence-corrected chi connectivity index (χ1v) is 6.67. The average Bonchev–Trinajstić information content (AvgIpc) is 2.35. The number of pyridine rings is 1. The molecule has 2 aromatic rings. The van der Waals surface area contributed by atoms with Gasteiger partial charge >= 0.3 is 0 Å². The first-order valence-electron chi connectivity index (χ1n) is 6.67. The van der Waals surface area contributed by atoms with Crippen LogP contribution in [0.5, 0.6) is 5.75 Å². The van der Waals surface area contributed by atoms with E-state index in [0.717, 1.165) is 22.7 Å². The van der Waals surface area contributed by atoms with Gasteiger partial charge in [0, 0.05) is 11.3 Å². The number of rotatable bonds is 1. The van der Waals surface area contributed by atoms with Crippen molar-refractivity contribution in [2.45, 2.75) is 33.3 Å². The Morgan fingerprint density at radius 3 is 2.45 bits per heavy atom. The molecule has 102 valence electrons. The van der Waals surface area contributed by atoms with Gasteiger partial charge in [0.25, 0.3) is 0 Å². The monoisotopic (exact) mass is 265 g/mol. The predicted octanol–water partition coefficient (Wildman–Crippen LogP) is 3.97. The van der Waals surface area contributed by atoms with Gasteiger partial charge in [-0.3, -0.25) is 0 Å². The highest BCUT2D eigenvalue weighted by Crippen LogP contribution is 2.18. The van der Waals surface area contributed by atoms with Crippen molar-refractivity contribution in [2.75, 3.05) is 0 Å². The van der Waals surface area contributed by atoms with E-state index in [9.17, 15) is 0 Å². The molecule has 0 aliphatic heterocycles. The van der Waals surface area contributed by atoms with E-state index in [1.807, 2.05) is 70.2 Å². The number of ether oxygens (including phenoxy) is 1. The highest BCUT2D eigenvalue weighted by atomic mass is 16.5. The van der Waals surface area contributed by atoms with Crippen molar-refractivity contribution >= 4 is 0 Å². The van der Waals surface area contributed by atoms with E-state index in [-0.39, 0.29) is 5.60 Å². The smallest absolute Gasteiger partial charge is 0.121 e. The van der Waals surface area contributed by atoms with Crippen molar-refractivity contribution in [1.82, 2.24) is 4.98 Å². The van der Waals surface area contributed by atoms with Crippen molar-refractivity contribution in [1.29, 1.82) is 0 Å². The third kappa shape index (κ3) is 4.44. The summed E-state index contributed by atoms with van der Waals surface area (Å²) in [6.07, 6.45) is 0. The highest BCUT2D eigenvalue weighted by molar-refractivity contribution is 5.43. The molecule has 2 rings (SSSR count). The molecule has 0 amide bonds. The van der Waals surface area contributed by atoms with Gasteiger partial charge in [0.05, 0.1) is 0 Å². The normalized spacial score (nSPS) is 10.6. The lowest BCUT2D eigenvalue weighted by Crippen LogP contribution is -2.22. The van der Waals surface area contributed by atoms with Gasteiger partial charge in [0.15, 0.2) is 0 Å². The molecule has 2 heteroatoms. The zero-order chi connectivity index (χ0) is 14.6. The van der Waals surface area contributed by atoms with Crippen LogP contribution in [0.2, 0.25) is 0 Å². The molecule has 20 heavy (non-hydrogen) atoms. The maximum absolute atomic E-state index is 5.83. The number of hydrogen-bond acceptors (Lipinski definition) is 2. The fourth-order valence-electron chi connectivity index (χ4n) is 1.74. The lowest BCUT2D eigenvalue weighted by Gasteiger charge is -2.21. The van der Waals surface area contributed by atoms with Crippen LogP contribution >= 0.6 is 0 Å². The van der Waals surface area contributed by atoms with Crippen LogP contribution in [0, 0.1) is 18.8 Å². The van der Waals surface area contributed by atoms with E-state index in [2.05, 4.69) is 16.8 Å². The Morgan fingerprint density at radius 1 is 1.00 bits per heavy atom. The molecule has 0 fully saturated rings. The van der Waals surface area contributed by atoms with E-state index in [1.54, 1.807) is 0 Å². The molecule has 0 saturated heterocycles. The number of aromatic nitrogens is 1. The van der Waals surface area contributed by atoms with Crippen molar-refractivity contribution in [3.63, 3.8) is 0 Å². The SMILES string of the molecule is Cc1cccc(C#Cc2cccc(OC(C)(C)C)c2)n1. The third-order valence-corrected chi connectivity index (χ3v) is 2.48. The van der Waals surface area contributed by atoms with Gasteiger partial charge < -0.3 is 4.74 Å². The Morgan fingerprint density at radius 2 is 1.75 bits per heavy atom. The molecule has 0 saturated carbocycles. The molecule has 0 radical (unpaired) electrons. The lowest BCUT2D eigenvalue weighted by molar-refractivity contribution is 0.131. The Hall–Kier alpha value is -2.27. The molecule has 0 unspecified atom stereocenters. The van der Waals surface area contributed by atoms with Crippen LogP contribution in [0.25, 0.3) is 0 Å². The van der Waals surface area contributed by atoms with Gasteiger partial charge in [0.1, 0.15) is 17.0 Å². The van der Waals surface area contributed by atoms with E-state index in [4.69, 9.17) is 4.74 Å². The van der Waals surface area contributed by atoms with Gasteiger partial charge in [-0.25, -0.2) is 4.98 Å². The molecule has 1 heterocycles. The van der Waals surface area contributed by atoms with Crippen LogP contribution in [-0.4, -0.2) is 10.6 Å². The first-order chi connectivity index (χ1) is 9.42. The minimum Gasteiger partial charge on any atom is -0.488 e. The maximum Gasteiger partial charge on any atom is 0.121 e. The second-order valence-electron chi connectivity index (χ2n) is 5.66. The van der Waals surface area contributed by atoms with Crippen molar-refractivity contribution in [3.8, 4) is 17.6 Å². The zero-order valence-electron chi connectivity index (χ0n) is 12.4. The van der Waals surface area contributed by atoms with Crippen molar-refractivity contribution in [3.05, 3.63) is 59.4 Å². The van der Waals surface area contributed by atoms with Gasteiger partial charge in [-0.2, -0.15) is 0 Å². The summed E-state index contributed by atoms with van der Waals surface area (Å²) in [6, 6.07) is 13.7. The second kappa shape index (κ2) is 5.79. The minimum absolute atomic E-state index is 0.204. The molecule has 0 spiro atoms.